The van der Waals surface area contributed by atoms with E-state index in [1.807, 2.05) is 32.0 Å². The highest BCUT2D eigenvalue weighted by molar-refractivity contribution is 6.08. The molecular weight excluding hydrogens is 252 g/mol. The molecule has 0 aliphatic rings. The summed E-state index contributed by atoms with van der Waals surface area (Å²) in [7, 11) is 1.64. The Hall–Kier alpha value is -2.29. The molecule has 0 N–H and O–H groups in total. The van der Waals surface area contributed by atoms with E-state index < -0.39 is 0 Å². The summed E-state index contributed by atoms with van der Waals surface area (Å²) in [6.07, 6.45) is 4.99. The van der Waals surface area contributed by atoms with Crippen LogP contribution in [-0.2, 0) is 0 Å². The van der Waals surface area contributed by atoms with Crippen molar-refractivity contribution in [2.45, 2.75) is 20.8 Å². The van der Waals surface area contributed by atoms with Gasteiger partial charge in [0.25, 0.3) is 0 Å². The Morgan fingerprint density at radius 3 is 2.50 bits per heavy atom. The Morgan fingerprint density at radius 1 is 1.20 bits per heavy atom. The molecule has 0 amide bonds. The van der Waals surface area contributed by atoms with Crippen LogP contribution in [0.1, 0.15) is 32.8 Å². The van der Waals surface area contributed by atoms with Crippen molar-refractivity contribution in [3.63, 3.8) is 0 Å². The lowest BCUT2D eigenvalue weighted by Crippen LogP contribution is -1.96. The van der Waals surface area contributed by atoms with Gasteiger partial charge in [0, 0.05) is 0 Å². The van der Waals surface area contributed by atoms with Crippen LogP contribution in [0.15, 0.2) is 35.0 Å². The minimum absolute atomic E-state index is 0.0396. The second-order valence-electron chi connectivity index (χ2n) is 4.78. The molecule has 0 aliphatic heterocycles. The van der Waals surface area contributed by atoms with Crippen molar-refractivity contribution in [1.29, 1.82) is 0 Å². The Balaban J connectivity index is 2.21. The van der Waals surface area contributed by atoms with Crippen LogP contribution in [0.5, 0.6) is 5.75 Å². The number of methoxy groups -OCH3 is 1. The van der Waals surface area contributed by atoms with E-state index in [0.29, 0.717) is 11.3 Å². The second kappa shape index (κ2) is 5.78. The van der Waals surface area contributed by atoms with Gasteiger partial charge < -0.3 is 9.15 Å². The van der Waals surface area contributed by atoms with Crippen LogP contribution in [0, 0.1) is 20.8 Å². The minimum Gasteiger partial charge on any atom is -0.496 e. The summed E-state index contributed by atoms with van der Waals surface area (Å²) < 4.78 is 10.5. The molecule has 0 spiro atoms. The van der Waals surface area contributed by atoms with Crippen molar-refractivity contribution in [2.24, 2.45) is 0 Å². The molecule has 0 saturated heterocycles. The van der Waals surface area contributed by atoms with Crippen molar-refractivity contribution in [3.05, 3.63) is 58.6 Å². The molecule has 3 nitrogen and oxygen atoms in total. The van der Waals surface area contributed by atoms with Gasteiger partial charge in [-0.2, -0.15) is 0 Å². The summed E-state index contributed by atoms with van der Waals surface area (Å²) >= 11 is 0. The highest BCUT2D eigenvalue weighted by atomic mass is 16.5. The first kappa shape index (κ1) is 14.1. The first-order chi connectivity index (χ1) is 9.52. The Labute approximate surface area is 118 Å². The summed E-state index contributed by atoms with van der Waals surface area (Å²) in [6.45, 7) is 5.64. The fraction of sp³-hybridized carbons (Fsp3) is 0.235. The van der Waals surface area contributed by atoms with E-state index in [-0.39, 0.29) is 5.78 Å². The molecule has 1 aromatic heterocycles. The predicted molar refractivity (Wildman–Crippen MR) is 79.3 cm³/mol. The molecule has 2 rings (SSSR count). The zero-order valence-corrected chi connectivity index (χ0v) is 12.2. The zero-order chi connectivity index (χ0) is 14.7. The molecule has 104 valence electrons. The molecule has 0 bridgehead atoms. The number of carbonyl (C=O) groups is 1. The van der Waals surface area contributed by atoms with Gasteiger partial charge in [-0.05, 0) is 55.7 Å². The third-order valence-corrected chi connectivity index (χ3v) is 3.25. The van der Waals surface area contributed by atoms with E-state index in [9.17, 15) is 4.79 Å². The van der Waals surface area contributed by atoms with Gasteiger partial charge >= 0.3 is 0 Å². The standard InChI is InChI=1S/C17H18O3/c1-11-9-14(6-8-16(11)19-4)5-7-15(18)17-12(2)10-20-13(17)3/h5-10H,1-4H3. The molecule has 0 saturated carbocycles. The molecule has 0 unspecified atom stereocenters. The van der Waals surface area contributed by atoms with Crippen LogP contribution in [0.2, 0.25) is 0 Å². The maximum atomic E-state index is 12.2. The molecule has 1 heterocycles. The fourth-order valence-electron chi connectivity index (χ4n) is 2.20. The van der Waals surface area contributed by atoms with Gasteiger partial charge in [0.2, 0.25) is 0 Å². The number of furan rings is 1. The number of rotatable bonds is 4. The highest BCUT2D eigenvalue weighted by Gasteiger charge is 2.12. The van der Waals surface area contributed by atoms with E-state index in [2.05, 4.69) is 0 Å². The van der Waals surface area contributed by atoms with E-state index in [1.165, 1.54) is 0 Å². The van der Waals surface area contributed by atoms with E-state index >= 15 is 0 Å². The monoisotopic (exact) mass is 270 g/mol. The fourth-order valence-corrected chi connectivity index (χ4v) is 2.20. The Bertz CT molecular complexity index is 643. The van der Waals surface area contributed by atoms with Crippen LogP contribution < -0.4 is 4.74 Å². The van der Waals surface area contributed by atoms with E-state index in [4.69, 9.17) is 9.15 Å². The summed E-state index contributed by atoms with van der Waals surface area (Å²) in [5.74, 6) is 1.46. The highest BCUT2D eigenvalue weighted by Crippen LogP contribution is 2.20. The number of hydrogen-bond donors (Lipinski definition) is 0. The van der Waals surface area contributed by atoms with Crippen molar-refractivity contribution < 1.29 is 13.9 Å². The number of carbonyl (C=O) groups excluding carboxylic acids is 1. The van der Waals surface area contributed by atoms with Crippen molar-refractivity contribution in [2.75, 3.05) is 7.11 Å². The summed E-state index contributed by atoms with van der Waals surface area (Å²) in [5.41, 5.74) is 3.52. The molecule has 0 fully saturated rings. The number of ether oxygens (including phenoxy) is 1. The van der Waals surface area contributed by atoms with Gasteiger partial charge in [-0.1, -0.05) is 12.1 Å². The normalized spacial score (nSPS) is 11.0. The maximum Gasteiger partial charge on any atom is 0.189 e. The Kier molecular flexibility index (Phi) is 4.08. The number of benzene rings is 1. The SMILES string of the molecule is COc1ccc(C=CC(=O)c2c(C)coc2C)cc1C. The van der Waals surface area contributed by atoms with Crippen molar-refractivity contribution >= 4 is 11.9 Å². The summed E-state index contributed by atoms with van der Waals surface area (Å²) in [5, 5.41) is 0. The van der Waals surface area contributed by atoms with Crippen LogP contribution in [-0.4, -0.2) is 12.9 Å². The smallest absolute Gasteiger partial charge is 0.189 e. The van der Waals surface area contributed by atoms with Gasteiger partial charge in [0.15, 0.2) is 5.78 Å². The maximum absolute atomic E-state index is 12.2. The first-order valence-corrected chi connectivity index (χ1v) is 6.44. The lowest BCUT2D eigenvalue weighted by atomic mass is 10.1. The number of aryl methyl sites for hydroxylation is 3. The van der Waals surface area contributed by atoms with Gasteiger partial charge in [0.1, 0.15) is 11.5 Å². The number of hydrogen-bond acceptors (Lipinski definition) is 3. The second-order valence-corrected chi connectivity index (χ2v) is 4.78. The van der Waals surface area contributed by atoms with E-state index in [0.717, 1.165) is 22.4 Å². The number of ketones is 1. The third-order valence-electron chi connectivity index (χ3n) is 3.25. The topological polar surface area (TPSA) is 39.4 Å². The van der Waals surface area contributed by atoms with Crippen molar-refractivity contribution in [1.82, 2.24) is 0 Å². The summed E-state index contributed by atoms with van der Waals surface area (Å²) in [4.78, 5) is 12.2. The van der Waals surface area contributed by atoms with Gasteiger partial charge in [0.05, 0.1) is 18.9 Å². The molecule has 0 aliphatic carbocycles. The lowest BCUT2D eigenvalue weighted by molar-refractivity contribution is 0.104. The minimum atomic E-state index is -0.0396. The van der Waals surface area contributed by atoms with Gasteiger partial charge in [-0.25, -0.2) is 0 Å². The summed E-state index contributed by atoms with van der Waals surface area (Å²) in [6, 6.07) is 5.80. The van der Waals surface area contributed by atoms with Crippen LogP contribution >= 0.6 is 0 Å². The van der Waals surface area contributed by atoms with Gasteiger partial charge in [-0.3, -0.25) is 4.79 Å². The van der Waals surface area contributed by atoms with Crippen LogP contribution in [0.25, 0.3) is 6.08 Å². The average molecular weight is 270 g/mol. The van der Waals surface area contributed by atoms with Crippen LogP contribution in [0.4, 0.5) is 0 Å². The third kappa shape index (κ3) is 2.82. The molecule has 0 radical (unpaired) electrons. The molecule has 20 heavy (non-hydrogen) atoms. The predicted octanol–water partition coefficient (Wildman–Crippen LogP) is 4.11. The van der Waals surface area contributed by atoms with Crippen LogP contribution in [0.3, 0.4) is 0 Å². The van der Waals surface area contributed by atoms with E-state index in [1.54, 1.807) is 32.4 Å². The molecule has 3 heteroatoms. The van der Waals surface area contributed by atoms with Crippen molar-refractivity contribution in [3.8, 4) is 5.75 Å². The molecule has 1 aromatic carbocycles. The molecule has 0 atom stereocenters. The molecule has 2 aromatic rings. The Morgan fingerprint density at radius 2 is 1.95 bits per heavy atom. The molecular formula is C17H18O3. The number of allylic oxidation sites excluding steroid dienone is 1. The average Bonchev–Trinajstić information content (AvgIpc) is 2.76. The largest absolute Gasteiger partial charge is 0.496 e. The zero-order valence-electron chi connectivity index (χ0n) is 12.2. The lowest BCUT2D eigenvalue weighted by Gasteiger charge is -2.04. The van der Waals surface area contributed by atoms with Gasteiger partial charge in [-0.15, -0.1) is 0 Å². The quantitative estimate of drug-likeness (QED) is 0.620. The first-order valence-electron chi connectivity index (χ1n) is 6.44.